The average molecular weight is 945 g/mol. The number of hydrogen-bond acceptors (Lipinski definition) is 4. The summed E-state index contributed by atoms with van der Waals surface area (Å²) in [6, 6.07) is 21.4. The second kappa shape index (κ2) is 14.0. The van der Waals surface area contributed by atoms with Gasteiger partial charge in [0.05, 0.1) is 0 Å². The number of aryl methyl sites for hydroxylation is 4. The lowest BCUT2D eigenvalue weighted by molar-refractivity contribution is -0.254. The van der Waals surface area contributed by atoms with E-state index >= 15 is 52.7 Å². The van der Waals surface area contributed by atoms with Crippen LogP contribution in [0, 0.1) is 27.7 Å². The van der Waals surface area contributed by atoms with Crippen LogP contribution in [0.25, 0.3) is 43.2 Å². The first-order chi connectivity index (χ1) is 28.2. The molecule has 6 aromatic rings. The van der Waals surface area contributed by atoms with Gasteiger partial charge >= 0.3 is 35.5 Å². The van der Waals surface area contributed by atoms with E-state index in [1.807, 2.05) is 0 Å². The zero-order valence-corrected chi connectivity index (χ0v) is 37.0. The number of rotatable bonds is 8. The Morgan fingerprint density at radius 3 is 0.934 bits per heavy atom. The van der Waals surface area contributed by atoms with Gasteiger partial charge in [0.25, 0.3) is 0 Å². The Kier molecular flexibility index (Phi) is 10.1. The second-order valence-corrected chi connectivity index (χ2v) is 25.7. The van der Waals surface area contributed by atoms with Crippen molar-refractivity contribution in [2.75, 3.05) is 0 Å². The van der Waals surface area contributed by atoms with E-state index < -0.39 is 88.2 Å². The number of allylic oxidation sites excluding steroid dienone is 4. The Hall–Kier alpha value is -3.90. The smallest absolute Gasteiger partial charge is 0.194 e. The van der Waals surface area contributed by atoms with E-state index in [2.05, 4.69) is 0 Å². The quantitative estimate of drug-likeness (QED) is 0.105. The summed E-state index contributed by atoms with van der Waals surface area (Å²) in [5.41, 5.74) is -7.01. The molecule has 61 heavy (non-hydrogen) atoms. The molecule has 0 spiro atoms. The van der Waals surface area contributed by atoms with Crippen molar-refractivity contribution in [3.05, 3.63) is 127 Å². The van der Waals surface area contributed by atoms with Crippen LogP contribution in [0.2, 0.25) is 13.1 Å². The maximum Gasteiger partial charge on any atom is 0.380 e. The molecule has 8 rings (SSSR count). The van der Waals surface area contributed by atoms with E-state index in [4.69, 9.17) is 0 Å². The summed E-state index contributed by atoms with van der Waals surface area (Å²) in [6.45, 7) is 8.69. The van der Waals surface area contributed by atoms with Crippen LogP contribution >= 0.6 is 45.3 Å². The highest BCUT2D eigenvalue weighted by Gasteiger charge is 2.81. The van der Waals surface area contributed by atoms with Crippen LogP contribution in [0.15, 0.2) is 84.9 Å². The molecule has 0 bridgehead atoms. The zero-order valence-electron chi connectivity index (χ0n) is 32.8. The van der Waals surface area contributed by atoms with Crippen LogP contribution in [0.5, 0.6) is 0 Å². The van der Waals surface area contributed by atoms with E-state index in [1.165, 1.54) is 39.8 Å². The molecule has 4 heterocycles. The maximum atomic E-state index is 16.0. The molecule has 0 nitrogen and oxygen atoms in total. The minimum absolute atomic E-state index is 0.00493. The number of hydrogen-bond donors (Lipinski definition) is 0. The topological polar surface area (TPSA) is 0 Å². The van der Waals surface area contributed by atoms with Gasteiger partial charge in [0, 0.05) is 51.6 Å². The molecule has 2 aromatic carbocycles. The SMILES string of the molecule is Cc1sc(-c2ccccc2)cc1C1=C(c2cc([Si](C)(C)c3cc(C4=C(c5cc(-c6ccccc6)sc5C)C(F)(F)C(F)(F)C4(F)F)c(C)s3)sc2C)C(F)(F)C(F)(F)C1(F)F. The molecule has 0 saturated carbocycles. The van der Waals surface area contributed by atoms with Gasteiger partial charge in [-0.15, -0.1) is 45.3 Å². The summed E-state index contributed by atoms with van der Waals surface area (Å²) in [5.74, 6) is -32.9. The highest BCUT2D eigenvalue weighted by molar-refractivity contribution is 7.36. The summed E-state index contributed by atoms with van der Waals surface area (Å²) in [4.78, 5) is 0.978. The monoisotopic (exact) mass is 944 g/mol. The van der Waals surface area contributed by atoms with Gasteiger partial charge in [-0.25, -0.2) is 0 Å². The molecule has 0 atom stereocenters. The predicted molar refractivity (Wildman–Crippen MR) is 227 cm³/mol. The molecule has 2 aliphatic rings. The first-order valence-electron chi connectivity index (χ1n) is 18.5. The summed E-state index contributed by atoms with van der Waals surface area (Å²) in [6.07, 6.45) is 0. The Morgan fingerprint density at radius 2 is 0.639 bits per heavy atom. The first kappa shape index (κ1) is 43.7. The average Bonchev–Trinajstić information content (AvgIpc) is 4.00. The van der Waals surface area contributed by atoms with E-state index in [0.29, 0.717) is 20.9 Å². The fourth-order valence-corrected chi connectivity index (χ4v) is 16.7. The van der Waals surface area contributed by atoms with Gasteiger partial charge in [-0.1, -0.05) is 73.8 Å². The lowest BCUT2D eigenvalue weighted by atomic mass is 9.95. The molecule has 2 aliphatic carbocycles. The minimum Gasteiger partial charge on any atom is -0.194 e. The Bertz CT molecular complexity index is 2590. The summed E-state index contributed by atoms with van der Waals surface area (Å²) in [5, 5.41) is 0. The first-order valence-corrected chi connectivity index (χ1v) is 24.8. The van der Waals surface area contributed by atoms with Crippen molar-refractivity contribution in [1.82, 2.24) is 0 Å². The third-order valence-electron chi connectivity index (χ3n) is 11.4. The summed E-state index contributed by atoms with van der Waals surface area (Å²) < 4.78 is 190. The largest absolute Gasteiger partial charge is 0.380 e. The number of halogens is 12. The van der Waals surface area contributed by atoms with E-state index in [9.17, 15) is 0 Å². The van der Waals surface area contributed by atoms with Crippen molar-refractivity contribution in [2.45, 2.75) is 76.3 Å². The van der Waals surface area contributed by atoms with Gasteiger partial charge in [0.15, 0.2) is 0 Å². The number of alkyl halides is 12. The van der Waals surface area contributed by atoms with Crippen LogP contribution in [-0.2, 0) is 0 Å². The molecule has 0 aliphatic heterocycles. The van der Waals surface area contributed by atoms with Crippen LogP contribution in [-0.4, -0.2) is 43.6 Å². The molecule has 0 unspecified atom stereocenters. The Labute approximate surface area is 359 Å². The Balaban J connectivity index is 1.28. The predicted octanol–water partition coefficient (Wildman–Crippen LogP) is 15.0. The summed E-state index contributed by atoms with van der Waals surface area (Å²) >= 11 is 3.70. The van der Waals surface area contributed by atoms with Crippen molar-refractivity contribution in [1.29, 1.82) is 0 Å². The molecule has 0 amide bonds. The lowest BCUT2D eigenvalue weighted by Gasteiger charge is -2.25. The van der Waals surface area contributed by atoms with E-state index in [-0.39, 0.29) is 28.5 Å². The minimum atomic E-state index is -5.82. The zero-order chi connectivity index (χ0) is 44.6. The second-order valence-electron chi connectivity index (χ2n) is 15.6. The van der Waals surface area contributed by atoms with Gasteiger partial charge in [-0.2, -0.15) is 52.7 Å². The van der Waals surface area contributed by atoms with Crippen LogP contribution in [0.3, 0.4) is 0 Å². The van der Waals surface area contributed by atoms with Gasteiger partial charge in [0.1, 0.15) is 8.07 Å². The van der Waals surface area contributed by atoms with Gasteiger partial charge < -0.3 is 0 Å². The molecular formula is C44H32F12S4Si. The van der Waals surface area contributed by atoms with Crippen molar-refractivity contribution in [3.63, 3.8) is 0 Å². The van der Waals surface area contributed by atoms with Crippen molar-refractivity contribution < 1.29 is 52.7 Å². The molecule has 0 radical (unpaired) electrons. The molecule has 0 N–H and O–H groups in total. The van der Waals surface area contributed by atoms with Crippen molar-refractivity contribution in [2.24, 2.45) is 0 Å². The van der Waals surface area contributed by atoms with E-state index in [1.54, 1.807) is 73.8 Å². The fraction of sp³-hybridized carbons (Fsp3) is 0.273. The number of benzene rings is 2. The highest BCUT2D eigenvalue weighted by Crippen LogP contribution is 2.67. The molecule has 320 valence electrons. The van der Waals surface area contributed by atoms with Crippen molar-refractivity contribution in [3.8, 4) is 20.9 Å². The third kappa shape index (κ3) is 6.10. The van der Waals surface area contributed by atoms with Gasteiger partial charge in [-0.05, 0) is 94.3 Å². The van der Waals surface area contributed by atoms with E-state index in [0.717, 1.165) is 57.5 Å². The van der Waals surface area contributed by atoms with Crippen LogP contribution in [0.4, 0.5) is 52.7 Å². The molecule has 17 heteroatoms. The molecule has 0 saturated heterocycles. The third-order valence-corrected chi connectivity index (χ3v) is 21.8. The normalized spacial score (nSPS) is 20.0. The highest BCUT2D eigenvalue weighted by atomic mass is 32.1. The standard InChI is InChI=1S/C44H32F12S4Si/c1-21-27(17-31(57-21)25-13-9-7-10-14-25)35-37(41(49,50)43(53,54)39(35,45)46)29-19-33(59-23(29)3)61(5,6)34-20-30(24(4)60-34)38-36(40(47,48)44(55,56)42(38,51)52)28-18-32(58-22(28)2)26-15-11-8-12-16-26/h7-20H,1-6H3. The molecule has 0 fully saturated rings. The Morgan fingerprint density at radius 1 is 0.377 bits per heavy atom. The maximum absolute atomic E-state index is 16.0. The fourth-order valence-electron chi connectivity index (χ4n) is 8.01. The molecule has 4 aromatic heterocycles. The summed E-state index contributed by atoms with van der Waals surface area (Å²) in [7, 11) is -3.36. The number of thiophene rings is 4. The van der Waals surface area contributed by atoms with Crippen molar-refractivity contribution >= 4 is 84.7 Å². The van der Waals surface area contributed by atoms with Gasteiger partial charge in [0.2, 0.25) is 0 Å². The van der Waals surface area contributed by atoms with Crippen LogP contribution in [0.1, 0.15) is 41.8 Å². The van der Waals surface area contributed by atoms with Gasteiger partial charge in [-0.3, -0.25) is 0 Å². The van der Waals surface area contributed by atoms with Crippen LogP contribution < -0.4 is 9.00 Å². The lowest BCUT2D eigenvalue weighted by Crippen LogP contribution is -2.50. The molecular weight excluding hydrogens is 913 g/mol.